The summed E-state index contributed by atoms with van der Waals surface area (Å²) < 4.78 is 10.8. The van der Waals surface area contributed by atoms with Crippen LogP contribution in [-0.4, -0.2) is 45.8 Å². The Morgan fingerprint density at radius 2 is 1.86 bits per heavy atom. The number of amides is 2. The topological polar surface area (TPSA) is 92.6 Å². The highest BCUT2D eigenvalue weighted by atomic mass is 32.2. The van der Waals surface area contributed by atoms with Gasteiger partial charge in [-0.25, -0.2) is 9.89 Å². The van der Waals surface area contributed by atoms with E-state index in [1.807, 2.05) is 61.5 Å². The molecule has 0 aromatic heterocycles. The lowest BCUT2D eigenvalue weighted by molar-refractivity contribution is -0.124. The molecule has 3 aliphatic heterocycles. The summed E-state index contributed by atoms with van der Waals surface area (Å²) in [6.45, 7) is 2.10. The quantitative estimate of drug-likeness (QED) is 0.514. The monoisotopic (exact) mass is 512 g/mol. The molecular weight excluding hydrogens is 488 g/mol. The number of thioether (sulfide) groups is 1. The summed E-state index contributed by atoms with van der Waals surface area (Å²) >= 11 is 1.28. The highest BCUT2D eigenvalue weighted by Crippen LogP contribution is 2.37. The summed E-state index contributed by atoms with van der Waals surface area (Å²) in [5.41, 5.74) is 3.21. The summed E-state index contributed by atoms with van der Waals surface area (Å²) in [5, 5.41) is 2.95. The molecule has 3 heterocycles. The van der Waals surface area contributed by atoms with Gasteiger partial charge in [-0.2, -0.15) is 0 Å². The maximum Gasteiger partial charge on any atom is 0.259 e. The molecule has 0 bridgehead atoms. The van der Waals surface area contributed by atoms with Gasteiger partial charge in [-0.05, 0) is 36.2 Å². The lowest BCUT2D eigenvalue weighted by Crippen LogP contribution is -2.42. The molecule has 37 heavy (non-hydrogen) atoms. The van der Waals surface area contributed by atoms with E-state index in [0.717, 1.165) is 16.8 Å². The largest absolute Gasteiger partial charge is 0.454 e. The van der Waals surface area contributed by atoms with Gasteiger partial charge in [-0.3, -0.25) is 14.6 Å². The van der Waals surface area contributed by atoms with Crippen LogP contribution in [0.2, 0.25) is 0 Å². The van der Waals surface area contributed by atoms with E-state index in [1.165, 1.54) is 11.8 Å². The van der Waals surface area contributed by atoms with Gasteiger partial charge in [0.2, 0.25) is 12.7 Å². The molecule has 3 aromatic rings. The van der Waals surface area contributed by atoms with Gasteiger partial charge in [-0.1, -0.05) is 61.2 Å². The van der Waals surface area contributed by atoms with E-state index in [9.17, 15) is 9.59 Å². The normalized spacial score (nSPS) is 18.0. The van der Waals surface area contributed by atoms with Crippen LogP contribution in [0.3, 0.4) is 0 Å². The predicted octanol–water partition coefficient (Wildman–Crippen LogP) is 4.77. The molecule has 0 saturated heterocycles. The maximum atomic E-state index is 13.6. The van der Waals surface area contributed by atoms with Crippen LogP contribution < -0.4 is 14.8 Å². The molecule has 2 atom stereocenters. The van der Waals surface area contributed by atoms with Crippen LogP contribution in [0.25, 0.3) is 0 Å². The van der Waals surface area contributed by atoms with E-state index >= 15 is 0 Å². The molecule has 1 N–H and O–H groups in total. The molecular formula is C28H24N4O4S. The lowest BCUT2D eigenvalue weighted by atomic mass is 10.1. The smallest absolute Gasteiger partial charge is 0.259 e. The number of carbonyl (C=O) groups excluding carboxylic acids is 2. The minimum absolute atomic E-state index is 0.134. The summed E-state index contributed by atoms with van der Waals surface area (Å²) in [6.07, 6.45) is 1.05. The Balaban J connectivity index is 1.26. The Labute approximate surface area is 218 Å². The molecule has 9 heteroatoms. The maximum absolute atomic E-state index is 13.6. The number of para-hydroxylation sites is 1. The van der Waals surface area contributed by atoms with Gasteiger partial charge in [0.25, 0.3) is 5.91 Å². The van der Waals surface area contributed by atoms with Gasteiger partial charge < -0.3 is 14.8 Å². The van der Waals surface area contributed by atoms with E-state index in [1.54, 1.807) is 23.1 Å². The Bertz CT molecular complexity index is 1440. The first-order chi connectivity index (χ1) is 18.1. The fourth-order valence-corrected chi connectivity index (χ4v) is 5.52. The summed E-state index contributed by atoms with van der Waals surface area (Å²) in [5.74, 6) is 1.52. The first-order valence-electron chi connectivity index (χ1n) is 12.1. The minimum atomic E-state index is -0.545. The van der Waals surface area contributed by atoms with Crippen molar-refractivity contribution in [3.8, 4) is 11.5 Å². The number of rotatable bonds is 6. The van der Waals surface area contributed by atoms with Crippen LogP contribution in [0.5, 0.6) is 11.5 Å². The molecule has 6 rings (SSSR count). The second-order valence-corrected chi connectivity index (χ2v) is 9.99. The van der Waals surface area contributed by atoms with E-state index in [4.69, 9.17) is 19.5 Å². The zero-order chi connectivity index (χ0) is 25.4. The number of nitrogens with one attached hydrogen (secondary N) is 1. The van der Waals surface area contributed by atoms with Crippen molar-refractivity contribution in [3.05, 3.63) is 83.9 Å². The number of aliphatic imine (C=N–C) groups is 2. The molecule has 0 unspecified atom stereocenters. The minimum Gasteiger partial charge on any atom is -0.454 e. The zero-order valence-corrected chi connectivity index (χ0v) is 20.9. The summed E-state index contributed by atoms with van der Waals surface area (Å²) in [7, 11) is 0. The molecule has 3 aliphatic rings. The van der Waals surface area contributed by atoms with E-state index in [2.05, 4.69) is 5.32 Å². The Kier molecular flexibility index (Phi) is 6.13. The third-order valence-corrected chi connectivity index (χ3v) is 7.69. The van der Waals surface area contributed by atoms with Gasteiger partial charge in [0.15, 0.2) is 16.7 Å². The Hall–Kier alpha value is -4.11. The van der Waals surface area contributed by atoms with Crippen LogP contribution in [0.15, 0.2) is 82.8 Å². The van der Waals surface area contributed by atoms with E-state index < -0.39 is 11.3 Å². The number of nitrogens with zero attached hydrogens (tertiary/aromatic N) is 3. The van der Waals surface area contributed by atoms with Crippen molar-refractivity contribution in [1.82, 2.24) is 4.90 Å². The zero-order valence-electron chi connectivity index (χ0n) is 20.1. The van der Waals surface area contributed by atoms with Crippen molar-refractivity contribution >= 4 is 46.0 Å². The number of hydrogen-bond acceptors (Lipinski definition) is 7. The lowest BCUT2D eigenvalue weighted by Gasteiger charge is -2.27. The number of fused-ring (bicyclic) bond motifs is 4. The SMILES string of the molecule is CC[C@@H](SC1=Nc2ccccc2C2=N[C@H](Cc3ccccc3)C(=O)N12)C(=O)Nc1ccc2c(c1)OCO2. The molecule has 0 spiro atoms. The van der Waals surface area contributed by atoms with Crippen molar-refractivity contribution in [3.63, 3.8) is 0 Å². The van der Waals surface area contributed by atoms with Crippen LogP contribution in [-0.2, 0) is 16.0 Å². The van der Waals surface area contributed by atoms with Crippen LogP contribution in [0.1, 0.15) is 24.5 Å². The second-order valence-electron chi connectivity index (χ2n) is 8.82. The van der Waals surface area contributed by atoms with Crippen molar-refractivity contribution in [2.45, 2.75) is 31.1 Å². The standard InChI is InChI=1S/C28H24N4O4S/c1-2-24(26(33)29-18-12-13-22-23(15-18)36-16-35-22)37-28-31-20-11-7-6-10-19(20)25-30-21(27(34)32(25)28)14-17-8-4-3-5-9-17/h3-13,15,21,24H,2,14,16H2,1H3,(H,29,33)/t21-,24-/m1/s1. The van der Waals surface area contributed by atoms with Crippen LogP contribution >= 0.6 is 11.8 Å². The highest BCUT2D eigenvalue weighted by Gasteiger charge is 2.42. The number of anilines is 1. The van der Waals surface area contributed by atoms with E-state index in [-0.39, 0.29) is 18.6 Å². The van der Waals surface area contributed by atoms with Gasteiger partial charge in [0, 0.05) is 23.7 Å². The number of hydrogen-bond donors (Lipinski definition) is 1. The van der Waals surface area contributed by atoms with E-state index in [0.29, 0.717) is 41.0 Å². The average Bonchev–Trinajstić information content (AvgIpc) is 3.52. The van der Waals surface area contributed by atoms with Crippen molar-refractivity contribution in [2.75, 3.05) is 12.1 Å². The number of amidine groups is 2. The van der Waals surface area contributed by atoms with Gasteiger partial charge in [0.05, 0.1) is 10.9 Å². The van der Waals surface area contributed by atoms with Crippen LogP contribution in [0, 0.1) is 0 Å². The fraction of sp³-hybridized carbons (Fsp3) is 0.214. The molecule has 186 valence electrons. The number of benzene rings is 3. The third kappa shape index (κ3) is 4.46. The highest BCUT2D eigenvalue weighted by molar-refractivity contribution is 8.15. The summed E-state index contributed by atoms with van der Waals surface area (Å²) in [6, 6.07) is 22.2. The first-order valence-corrected chi connectivity index (χ1v) is 13.0. The third-order valence-electron chi connectivity index (χ3n) is 6.37. The van der Waals surface area contributed by atoms with Crippen molar-refractivity contribution < 1.29 is 19.1 Å². The second kappa shape index (κ2) is 9.74. The molecule has 0 saturated carbocycles. The number of ether oxygens (including phenoxy) is 2. The molecule has 0 aliphatic carbocycles. The molecule has 0 radical (unpaired) electrons. The summed E-state index contributed by atoms with van der Waals surface area (Å²) in [4.78, 5) is 38.0. The van der Waals surface area contributed by atoms with Gasteiger partial charge in [0.1, 0.15) is 11.9 Å². The Morgan fingerprint density at radius 3 is 2.70 bits per heavy atom. The number of carbonyl (C=O) groups is 2. The van der Waals surface area contributed by atoms with Crippen molar-refractivity contribution in [2.24, 2.45) is 9.98 Å². The van der Waals surface area contributed by atoms with Crippen molar-refractivity contribution in [1.29, 1.82) is 0 Å². The average molecular weight is 513 g/mol. The molecule has 2 amide bonds. The predicted molar refractivity (Wildman–Crippen MR) is 144 cm³/mol. The van der Waals surface area contributed by atoms with Gasteiger partial charge >= 0.3 is 0 Å². The fourth-order valence-electron chi connectivity index (χ4n) is 4.50. The molecule has 3 aromatic carbocycles. The molecule has 8 nitrogen and oxygen atoms in total. The van der Waals surface area contributed by atoms with Crippen LogP contribution in [0.4, 0.5) is 11.4 Å². The first kappa shape index (κ1) is 23.3. The van der Waals surface area contributed by atoms with Gasteiger partial charge in [-0.15, -0.1) is 0 Å². The Morgan fingerprint density at radius 1 is 1.08 bits per heavy atom. The molecule has 0 fully saturated rings.